The number of rotatable bonds is 7. The number of nitrogens with zero attached hydrogens (tertiary/aromatic N) is 2. The summed E-state index contributed by atoms with van der Waals surface area (Å²) in [6, 6.07) is 6.01. The van der Waals surface area contributed by atoms with Gasteiger partial charge in [-0.05, 0) is 25.0 Å². The number of alkyl halides is 2. The topological polar surface area (TPSA) is 89.1 Å². The number of carbonyl (C=O) groups excluding carboxylic acids is 1. The fourth-order valence-electron chi connectivity index (χ4n) is 2.35. The van der Waals surface area contributed by atoms with Crippen molar-refractivity contribution in [2.45, 2.75) is 30.7 Å². The van der Waals surface area contributed by atoms with Crippen LogP contribution in [0.15, 0.2) is 29.4 Å². The van der Waals surface area contributed by atoms with Crippen molar-refractivity contribution in [3.63, 3.8) is 0 Å². The SMILES string of the molecule is O=C(CSc1n[nH]c([C@H]2CCCO2)n1)Nc1ccccc1OC(F)F. The molecule has 0 spiro atoms. The van der Waals surface area contributed by atoms with E-state index in [2.05, 4.69) is 25.2 Å². The van der Waals surface area contributed by atoms with E-state index in [9.17, 15) is 13.6 Å². The zero-order chi connectivity index (χ0) is 17.6. The van der Waals surface area contributed by atoms with Crippen LogP contribution in [0.1, 0.15) is 24.8 Å². The minimum absolute atomic E-state index is 0.0336. The summed E-state index contributed by atoms with van der Waals surface area (Å²) in [4.78, 5) is 16.3. The van der Waals surface area contributed by atoms with E-state index >= 15 is 0 Å². The van der Waals surface area contributed by atoms with Gasteiger partial charge >= 0.3 is 6.61 Å². The van der Waals surface area contributed by atoms with Gasteiger partial charge in [-0.3, -0.25) is 9.89 Å². The Bertz CT molecular complexity index is 722. The Balaban J connectivity index is 1.53. The minimum Gasteiger partial charge on any atom is -0.433 e. The predicted octanol–water partition coefficient (Wildman–Crippen LogP) is 2.99. The summed E-state index contributed by atoms with van der Waals surface area (Å²) >= 11 is 1.14. The van der Waals surface area contributed by atoms with Crippen molar-refractivity contribution >= 4 is 23.4 Å². The van der Waals surface area contributed by atoms with Gasteiger partial charge in [0.1, 0.15) is 11.9 Å². The minimum atomic E-state index is -2.96. The van der Waals surface area contributed by atoms with Gasteiger partial charge < -0.3 is 14.8 Å². The molecule has 3 rings (SSSR count). The van der Waals surface area contributed by atoms with Crippen molar-refractivity contribution in [2.75, 3.05) is 17.7 Å². The fraction of sp³-hybridized carbons (Fsp3) is 0.400. The van der Waals surface area contributed by atoms with Gasteiger partial charge in [0, 0.05) is 6.61 Å². The summed E-state index contributed by atoms with van der Waals surface area (Å²) in [6.45, 7) is -2.26. The van der Waals surface area contributed by atoms with Crippen LogP contribution in [0.25, 0.3) is 0 Å². The number of ether oxygens (including phenoxy) is 2. The number of nitrogens with one attached hydrogen (secondary N) is 2. The number of thioether (sulfide) groups is 1. The maximum Gasteiger partial charge on any atom is 0.387 e. The Labute approximate surface area is 146 Å². The van der Waals surface area contributed by atoms with Crippen LogP contribution in [0, 0.1) is 0 Å². The lowest BCUT2D eigenvalue weighted by molar-refractivity contribution is -0.113. The molecule has 134 valence electrons. The van der Waals surface area contributed by atoms with Crippen molar-refractivity contribution in [2.24, 2.45) is 0 Å². The molecule has 1 aromatic carbocycles. The van der Waals surface area contributed by atoms with E-state index in [-0.39, 0.29) is 29.2 Å². The number of halogens is 2. The molecule has 0 aliphatic carbocycles. The van der Waals surface area contributed by atoms with E-state index in [0.29, 0.717) is 17.6 Å². The maximum absolute atomic E-state index is 12.4. The molecule has 2 N–H and O–H groups in total. The summed E-state index contributed by atoms with van der Waals surface area (Å²) in [7, 11) is 0. The summed E-state index contributed by atoms with van der Waals surface area (Å²) in [5, 5.41) is 9.82. The van der Waals surface area contributed by atoms with Gasteiger partial charge in [0.05, 0.1) is 11.4 Å². The first-order valence-electron chi connectivity index (χ1n) is 7.62. The lowest BCUT2D eigenvalue weighted by Gasteiger charge is -2.11. The summed E-state index contributed by atoms with van der Waals surface area (Å²) in [5.41, 5.74) is 0.184. The van der Waals surface area contributed by atoms with Crippen LogP contribution in [0.3, 0.4) is 0 Å². The first kappa shape index (κ1) is 17.6. The highest BCUT2D eigenvalue weighted by Crippen LogP contribution is 2.28. The van der Waals surface area contributed by atoms with E-state index in [1.807, 2.05) is 0 Å². The van der Waals surface area contributed by atoms with Gasteiger partial charge in [-0.15, -0.1) is 5.10 Å². The average molecular weight is 370 g/mol. The van der Waals surface area contributed by atoms with E-state index < -0.39 is 6.61 Å². The van der Waals surface area contributed by atoms with E-state index in [4.69, 9.17) is 4.74 Å². The molecule has 1 fully saturated rings. The highest BCUT2D eigenvalue weighted by Gasteiger charge is 2.21. The van der Waals surface area contributed by atoms with Crippen LogP contribution in [0.4, 0.5) is 14.5 Å². The summed E-state index contributed by atoms with van der Waals surface area (Å²) in [5.74, 6) is 0.218. The van der Waals surface area contributed by atoms with Crippen molar-refractivity contribution in [1.29, 1.82) is 0 Å². The molecule has 0 unspecified atom stereocenters. The quantitative estimate of drug-likeness (QED) is 0.729. The first-order chi connectivity index (χ1) is 12.1. The maximum atomic E-state index is 12.4. The van der Waals surface area contributed by atoms with Crippen LogP contribution in [-0.2, 0) is 9.53 Å². The molecule has 2 heterocycles. The summed E-state index contributed by atoms with van der Waals surface area (Å²) in [6.07, 6.45) is 1.80. The highest BCUT2D eigenvalue weighted by atomic mass is 32.2. The smallest absolute Gasteiger partial charge is 0.387 e. The van der Waals surface area contributed by atoms with E-state index in [0.717, 1.165) is 24.6 Å². The van der Waals surface area contributed by atoms with Crippen LogP contribution in [-0.4, -0.2) is 40.1 Å². The Morgan fingerprint density at radius 3 is 3.08 bits per heavy atom. The van der Waals surface area contributed by atoms with Gasteiger partial charge in [0.15, 0.2) is 5.82 Å². The standard InChI is InChI=1S/C15H16F2N4O3S/c16-14(17)24-10-5-2-1-4-9(10)18-12(22)8-25-15-19-13(20-21-15)11-6-3-7-23-11/h1-2,4-5,11,14H,3,6-8H2,(H,18,22)(H,19,20,21)/t11-/m1/s1. The van der Waals surface area contributed by atoms with Crippen molar-refractivity contribution in [1.82, 2.24) is 15.2 Å². The lowest BCUT2D eigenvalue weighted by atomic mass is 10.2. The zero-order valence-corrected chi connectivity index (χ0v) is 13.9. The third kappa shape index (κ3) is 4.89. The molecule has 25 heavy (non-hydrogen) atoms. The van der Waals surface area contributed by atoms with Crippen LogP contribution in [0.2, 0.25) is 0 Å². The molecule has 1 atom stereocenters. The lowest BCUT2D eigenvalue weighted by Crippen LogP contribution is -2.15. The van der Waals surface area contributed by atoms with Gasteiger partial charge in [-0.2, -0.15) is 8.78 Å². The second-order valence-corrected chi connectivity index (χ2v) is 6.16. The van der Waals surface area contributed by atoms with Gasteiger partial charge in [0.25, 0.3) is 0 Å². The van der Waals surface area contributed by atoms with Crippen molar-refractivity contribution in [3.8, 4) is 5.75 Å². The number of benzene rings is 1. The summed E-state index contributed by atoms with van der Waals surface area (Å²) < 4.78 is 34.6. The first-order valence-corrected chi connectivity index (χ1v) is 8.61. The molecule has 1 aliphatic heterocycles. The van der Waals surface area contributed by atoms with E-state index in [1.54, 1.807) is 12.1 Å². The van der Waals surface area contributed by atoms with Crippen LogP contribution in [0.5, 0.6) is 5.75 Å². The van der Waals surface area contributed by atoms with Gasteiger partial charge in [0.2, 0.25) is 11.1 Å². The third-order valence-electron chi connectivity index (χ3n) is 3.43. The van der Waals surface area contributed by atoms with Gasteiger partial charge in [-0.1, -0.05) is 23.9 Å². The number of amides is 1. The van der Waals surface area contributed by atoms with E-state index in [1.165, 1.54) is 12.1 Å². The molecule has 2 aromatic rings. The van der Waals surface area contributed by atoms with Crippen LogP contribution >= 0.6 is 11.8 Å². The molecule has 10 heteroatoms. The monoisotopic (exact) mass is 370 g/mol. The molecular formula is C15H16F2N4O3S. The van der Waals surface area contributed by atoms with Crippen molar-refractivity contribution in [3.05, 3.63) is 30.1 Å². The van der Waals surface area contributed by atoms with Crippen LogP contribution < -0.4 is 10.1 Å². The Hall–Kier alpha value is -2.20. The molecule has 7 nitrogen and oxygen atoms in total. The number of hydrogen-bond donors (Lipinski definition) is 2. The number of carbonyl (C=O) groups is 1. The number of aromatic nitrogens is 3. The predicted molar refractivity (Wildman–Crippen MR) is 86.7 cm³/mol. The number of anilines is 1. The molecule has 1 aromatic heterocycles. The molecule has 1 aliphatic rings. The number of para-hydroxylation sites is 2. The molecular weight excluding hydrogens is 354 g/mol. The Morgan fingerprint density at radius 1 is 1.48 bits per heavy atom. The van der Waals surface area contributed by atoms with Gasteiger partial charge in [-0.25, -0.2) is 4.98 Å². The normalized spacial score (nSPS) is 17.0. The highest BCUT2D eigenvalue weighted by molar-refractivity contribution is 7.99. The number of H-pyrrole nitrogens is 1. The second kappa shape index (κ2) is 8.26. The van der Waals surface area contributed by atoms with Crippen molar-refractivity contribution < 1.29 is 23.0 Å². The average Bonchev–Trinajstić information content (AvgIpc) is 3.25. The third-order valence-corrected chi connectivity index (χ3v) is 4.27. The largest absolute Gasteiger partial charge is 0.433 e. The molecule has 1 saturated heterocycles. The molecule has 1 amide bonds. The molecule has 0 radical (unpaired) electrons. The molecule has 0 bridgehead atoms. The zero-order valence-electron chi connectivity index (χ0n) is 13.1. The fourth-order valence-corrected chi connectivity index (χ4v) is 2.95. The second-order valence-electron chi connectivity index (χ2n) is 5.22. The Kier molecular flexibility index (Phi) is 5.82. The number of aromatic amines is 1. The molecule has 0 saturated carbocycles. The number of hydrogen-bond acceptors (Lipinski definition) is 6. The Morgan fingerprint density at radius 2 is 2.32 bits per heavy atom.